The number of nitro benzene ring substituents is 1. The standard InChI is InChI=1S/C23H29N3O6S/c1-5-17-14-18(21-8-6-7-13-25(21)22(27)32-23(2,3)4)16-24(15-17)33(30,31)20-11-9-19(10-12-20)26(28)29/h5-7,9-12,14,18,21H,1,8,13,15-16H2,2-4H3/t18-,21+/m0/s1. The van der Waals surface area contributed by atoms with Crippen LogP contribution in [-0.2, 0) is 14.8 Å². The van der Waals surface area contributed by atoms with E-state index in [0.29, 0.717) is 13.0 Å². The molecule has 9 nitrogen and oxygen atoms in total. The first kappa shape index (κ1) is 24.7. The van der Waals surface area contributed by atoms with Gasteiger partial charge in [0.1, 0.15) is 5.60 Å². The second-order valence-corrected chi connectivity index (χ2v) is 11.0. The van der Waals surface area contributed by atoms with Gasteiger partial charge in [0.2, 0.25) is 10.0 Å². The first-order valence-electron chi connectivity index (χ1n) is 10.6. The van der Waals surface area contributed by atoms with Gasteiger partial charge >= 0.3 is 6.09 Å². The normalized spacial score (nSPS) is 21.9. The highest BCUT2D eigenvalue weighted by Crippen LogP contribution is 2.31. The highest BCUT2D eigenvalue weighted by Gasteiger charge is 2.38. The molecule has 0 spiro atoms. The van der Waals surface area contributed by atoms with Gasteiger partial charge in [-0.15, -0.1) is 0 Å². The summed E-state index contributed by atoms with van der Waals surface area (Å²) in [6.45, 7) is 9.88. The largest absolute Gasteiger partial charge is 0.444 e. The molecule has 0 unspecified atom stereocenters. The van der Waals surface area contributed by atoms with Gasteiger partial charge in [0.05, 0.1) is 9.82 Å². The highest BCUT2D eigenvalue weighted by molar-refractivity contribution is 7.89. The van der Waals surface area contributed by atoms with Crippen molar-refractivity contribution in [3.8, 4) is 0 Å². The lowest BCUT2D eigenvalue weighted by Crippen LogP contribution is -2.52. The van der Waals surface area contributed by atoms with E-state index in [-0.39, 0.29) is 35.6 Å². The van der Waals surface area contributed by atoms with Gasteiger partial charge in [-0.2, -0.15) is 4.31 Å². The van der Waals surface area contributed by atoms with Crippen LogP contribution in [0.4, 0.5) is 10.5 Å². The van der Waals surface area contributed by atoms with Crippen molar-refractivity contribution in [3.63, 3.8) is 0 Å². The minimum absolute atomic E-state index is 0.0234. The highest BCUT2D eigenvalue weighted by atomic mass is 32.2. The van der Waals surface area contributed by atoms with E-state index in [1.165, 1.54) is 28.6 Å². The average molecular weight is 476 g/mol. The first-order chi connectivity index (χ1) is 15.4. The maximum atomic E-state index is 13.3. The van der Waals surface area contributed by atoms with Crippen LogP contribution in [0.15, 0.2) is 65.6 Å². The minimum Gasteiger partial charge on any atom is -0.444 e. The second-order valence-electron chi connectivity index (χ2n) is 9.07. The third kappa shape index (κ3) is 5.69. The molecule has 10 heteroatoms. The van der Waals surface area contributed by atoms with Crippen LogP contribution >= 0.6 is 0 Å². The SMILES string of the molecule is C=CC1=C[C@H]([C@H]2CC=CCN2C(=O)OC(C)(C)C)CN(S(=O)(=O)c2ccc([N+](=O)[O-])cc2)C1. The lowest BCUT2D eigenvalue weighted by molar-refractivity contribution is -0.384. The van der Waals surface area contributed by atoms with Crippen molar-refractivity contribution < 1.29 is 22.9 Å². The Balaban J connectivity index is 1.89. The maximum Gasteiger partial charge on any atom is 0.410 e. The summed E-state index contributed by atoms with van der Waals surface area (Å²) in [4.78, 5) is 24.8. The molecule has 2 atom stereocenters. The molecular weight excluding hydrogens is 446 g/mol. The Bertz CT molecular complexity index is 1090. The van der Waals surface area contributed by atoms with E-state index in [2.05, 4.69) is 6.58 Å². The molecule has 0 aliphatic carbocycles. The maximum absolute atomic E-state index is 13.3. The van der Waals surface area contributed by atoms with Crippen LogP contribution in [0.2, 0.25) is 0 Å². The molecule has 0 N–H and O–H groups in total. The number of hydrogen-bond donors (Lipinski definition) is 0. The zero-order chi connectivity index (χ0) is 24.4. The zero-order valence-corrected chi connectivity index (χ0v) is 19.8. The monoisotopic (exact) mass is 475 g/mol. The Morgan fingerprint density at radius 1 is 1.24 bits per heavy atom. The van der Waals surface area contributed by atoms with Gasteiger partial charge in [-0.25, -0.2) is 13.2 Å². The molecule has 1 amide bonds. The fourth-order valence-electron chi connectivity index (χ4n) is 3.94. The molecule has 0 aromatic heterocycles. The van der Waals surface area contributed by atoms with Crippen molar-refractivity contribution in [2.45, 2.75) is 43.7 Å². The molecule has 0 saturated carbocycles. The summed E-state index contributed by atoms with van der Waals surface area (Å²) < 4.78 is 33.6. The molecule has 0 saturated heterocycles. The number of hydrogen-bond acceptors (Lipinski definition) is 6. The summed E-state index contributed by atoms with van der Waals surface area (Å²) in [6.07, 6.45) is 7.58. The van der Waals surface area contributed by atoms with Gasteiger partial charge in [-0.05, 0) is 44.9 Å². The van der Waals surface area contributed by atoms with Crippen molar-refractivity contribution in [3.05, 3.63) is 70.8 Å². The van der Waals surface area contributed by atoms with Crippen molar-refractivity contribution in [1.29, 1.82) is 0 Å². The summed E-state index contributed by atoms with van der Waals surface area (Å²) in [5.41, 5.74) is -0.0995. The van der Waals surface area contributed by atoms with E-state index in [4.69, 9.17) is 4.74 Å². The van der Waals surface area contributed by atoms with E-state index in [1.807, 2.05) is 18.2 Å². The number of nitrogens with zero attached hydrogens (tertiary/aromatic N) is 3. The summed E-state index contributed by atoms with van der Waals surface area (Å²) in [6, 6.07) is 4.55. The summed E-state index contributed by atoms with van der Waals surface area (Å²) in [7, 11) is -3.92. The molecule has 2 heterocycles. The van der Waals surface area contributed by atoms with Crippen molar-refractivity contribution in [2.24, 2.45) is 5.92 Å². The number of nitro groups is 1. The minimum atomic E-state index is -3.92. The summed E-state index contributed by atoms with van der Waals surface area (Å²) >= 11 is 0. The fourth-order valence-corrected chi connectivity index (χ4v) is 5.41. The second kappa shape index (κ2) is 9.48. The van der Waals surface area contributed by atoms with Crippen LogP contribution in [0.3, 0.4) is 0 Å². The summed E-state index contributed by atoms with van der Waals surface area (Å²) in [5, 5.41) is 10.9. The van der Waals surface area contributed by atoms with E-state index >= 15 is 0 Å². The third-order valence-corrected chi connectivity index (χ3v) is 7.34. The fraction of sp³-hybridized carbons (Fsp3) is 0.435. The molecule has 178 valence electrons. The Kier molecular flexibility index (Phi) is 7.08. The molecule has 2 aliphatic heterocycles. The Hall–Kier alpha value is -2.98. The molecule has 0 radical (unpaired) electrons. The molecule has 33 heavy (non-hydrogen) atoms. The zero-order valence-electron chi connectivity index (χ0n) is 19.0. The lowest BCUT2D eigenvalue weighted by atomic mass is 9.89. The quantitative estimate of drug-likeness (QED) is 0.363. The number of carbonyl (C=O) groups is 1. The first-order valence-corrected chi connectivity index (χ1v) is 12.1. The van der Waals surface area contributed by atoms with Crippen molar-refractivity contribution in [2.75, 3.05) is 19.6 Å². The van der Waals surface area contributed by atoms with Crippen LogP contribution < -0.4 is 0 Å². The van der Waals surface area contributed by atoms with Crippen LogP contribution in [0, 0.1) is 16.0 Å². The number of benzene rings is 1. The van der Waals surface area contributed by atoms with Crippen LogP contribution in [0.5, 0.6) is 0 Å². The van der Waals surface area contributed by atoms with Crippen LogP contribution in [0.25, 0.3) is 0 Å². The van der Waals surface area contributed by atoms with Crippen LogP contribution in [-0.4, -0.2) is 59.9 Å². The average Bonchev–Trinajstić information content (AvgIpc) is 2.77. The van der Waals surface area contributed by atoms with Gasteiger partial charge in [0, 0.05) is 43.7 Å². The van der Waals surface area contributed by atoms with E-state index in [0.717, 1.165) is 5.57 Å². The van der Waals surface area contributed by atoms with Gasteiger partial charge in [0.15, 0.2) is 0 Å². The van der Waals surface area contributed by atoms with E-state index in [9.17, 15) is 23.3 Å². The smallest absolute Gasteiger partial charge is 0.410 e. The molecule has 2 aliphatic rings. The van der Waals surface area contributed by atoms with Crippen molar-refractivity contribution >= 4 is 21.8 Å². The molecular formula is C23H29N3O6S. The number of amides is 1. The number of non-ortho nitro benzene ring substituents is 1. The molecule has 0 fully saturated rings. The predicted molar refractivity (Wildman–Crippen MR) is 124 cm³/mol. The topological polar surface area (TPSA) is 110 Å². The predicted octanol–water partition coefficient (Wildman–Crippen LogP) is 3.89. The number of sulfonamides is 1. The Labute approximate surface area is 194 Å². The van der Waals surface area contributed by atoms with Gasteiger partial charge in [-0.1, -0.05) is 30.9 Å². The van der Waals surface area contributed by atoms with E-state index < -0.39 is 26.6 Å². The third-order valence-electron chi connectivity index (χ3n) is 5.52. The molecule has 1 aromatic carbocycles. The molecule has 1 aromatic rings. The number of carbonyl (C=O) groups excluding carboxylic acids is 1. The molecule has 0 bridgehead atoms. The Morgan fingerprint density at radius 3 is 2.48 bits per heavy atom. The Morgan fingerprint density at radius 2 is 1.91 bits per heavy atom. The molecule has 3 rings (SSSR count). The van der Waals surface area contributed by atoms with Crippen LogP contribution in [0.1, 0.15) is 27.2 Å². The van der Waals surface area contributed by atoms with Gasteiger partial charge < -0.3 is 9.64 Å². The van der Waals surface area contributed by atoms with Crippen molar-refractivity contribution in [1.82, 2.24) is 9.21 Å². The van der Waals surface area contributed by atoms with Gasteiger partial charge in [0.25, 0.3) is 5.69 Å². The lowest BCUT2D eigenvalue weighted by Gasteiger charge is -2.41. The van der Waals surface area contributed by atoms with Gasteiger partial charge in [-0.3, -0.25) is 10.1 Å². The number of ether oxygens (including phenoxy) is 1. The summed E-state index contributed by atoms with van der Waals surface area (Å²) in [5.74, 6) is -0.281. The number of rotatable bonds is 5. The van der Waals surface area contributed by atoms with E-state index in [1.54, 1.807) is 31.7 Å².